The summed E-state index contributed by atoms with van der Waals surface area (Å²) in [6.07, 6.45) is 5.35. The molecular formula is C15H23N3O3S. The molecule has 2 aliphatic rings. The average Bonchev–Trinajstić information content (AvgIpc) is 3.22. The first-order valence-electron chi connectivity index (χ1n) is 7.95. The van der Waals surface area contributed by atoms with Gasteiger partial charge in [0, 0.05) is 17.8 Å². The Morgan fingerprint density at radius 1 is 1.41 bits per heavy atom. The number of carbonyl (C=O) groups excluding carboxylic acids is 1. The minimum absolute atomic E-state index is 0.00287. The molecule has 122 valence electrons. The molecule has 2 amide bonds. The van der Waals surface area contributed by atoms with Gasteiger partial charge in [-0.3, -0.25) is 5.32 Å². The van der Waals surface area contributed by atoms with E-state index in [2.05, 4.69) is 21.0 Å². The number of thiazole rings is 1. The lowest BCUT2D eigenvalue weighted by atomic mass is 9.87. The predicted molar refractivity (Wildman–Crippen MR) is 85.2 cm³/mol. The SMILES string of the molecule is O=C(NCCOCCO)Nc1nc(C2CC3CCC2C3)cs1. The van der Waals surface area contributed by atoms with Crippen LogP contribution in [0.5, 0.6) is 0 Å². The zero-order valence-corrected chi connectivity index (χ0v) is 13.4. The van der Waals surface area contributed by atoms with Gasteiger partial charge in [-0.05, 0) is 31.1 Å². The number of ether oxygens (including phenoxy) is 1. The first-order chi connectivity index (χ1) is 10.8. The van der Waals surface area contributed by atoms with Crippen LogP contribution in [0.1, 0.15) is 37.3 Å². The van der Waals surface area contributed by atoms with Crippen molar-refractivity contribution < 1.29 is 14.6 Å². The first-order valence-corrected chi connectivity index (χ1v) is 8.83. The molecule has 3 atom stereocenters. The normalized spacial score (nSPS) is 26.3. The standard InChI is InChI=1S/C15H23N3O3S/c19-4-6-21-5-3-16-14(20)18-15-17-13(9-22-15)12-8-10-1-2-11(12)7-10/h9-12,19H,1-8H2,(H2,16,17,18,20). The van der Waals surface area contributed by atoms with Crippen molar-refractivity contribution >= 4 is 22.5 Å². The van der Waals surface area contributed by atoms with E-state index in [1.165, 1.54) is 37.0 Å². The van der Waals surface area contributed by atoms with Gasteiger partial charge >= 0.3 is 6.03 Å². The Morgan fingerprint density at radius 2 is 2.32 bits per heavy atom. The zero-order valence-electron chi connectivity index (χ0n) is 12.6. The average molecular weight is 325 g/mol. The second-order valence-electron chi connectivity index (χ2n) is 6.08. The largest absolute Gasteiger partial charge is 0.394 e. The van der Waals surface area contributed by atoms with Crippen LogP contribution in [0.3, 0.4) is 0 Å². The zero-order chi connectivity index (χ0) is 15.4. The van der Waals surface area contributed by atoms with E-state index in [9.17, 15) is 4.79 Å². The molecule has 0 aromatic carbocycles. The summed E-state index contributed by atoms with van der Waals surface area (Å²) in [4.78, 5) is 16.3. The molecule has 6 nitrogen and oxygen atoms in total. The highest BCUT2D eigenvalue weighted by Gasteiger charge is 2.41. The second kappa shape index (κ2) is 7.39. The number of anilines is 1. The molecule has 3 N–H and O–H groups in total. The molecular weight excluding hydrogens is 302 g/mol. The third kappa shape index (κ3) is 3.77. The van der Waals surface area contributed by atoms with E-state index in [0.717, 1.165) is 17.5 Å². The summed E-state index contributed by atoms with van der Waals surface area (Å²) in [6.45, 7) is 1.10. The molecule has 3 unspecified atom stereocenters. The third-order valence-corrected chi connectivity index (χ3v) is 5.40. The van der Waals surface area contributed by atoms with Crippen molar-refractivity contribution in [3.8, 4) is 0 Å². The number of aliphatic hydroxyl groups is 1. The monoisotopic (exact) mass is 325 g/mol. The fourth-order valence-corrected chi connectivity index (χ4v) is 4.44. The summed E-state index contributed by atoms with van der Waals surface area (Å²) in [5.74, 6) is 2.30. The first kappa shape index (κ1) is 15.7. The molecule has 0 spiro atoms. The molecule has 3 rings (SSSR count). The number of amides is 2. The highest BCUT2D eigenvalue weighted by molar-refractivity contribution is 7.13. The predicted octanol–water partition coefficient (Wildman–Crippen LogP) is 2.18. The molecule has 1 aromatic rings. The van der Waals surface area contributed by atoms with E-state index in [4.69, 9.17) is 9.84 Å². The van der Waals surface area contributed by atoms with Gasteiger partial charge in [-0.1, -0.05) is 6.42 Å². The summed E-state index contributed by atoms with van der Waals surface area (Å²) in [5.41, 5.74) is 1.15. The fraction of sp³-hybridized carbons (Fsp3) is 0.733. The Bertz CT molecular complexity index is 508. The number of nitrogens with zero attached hydrogens (tertiary/aromatic N) is 1. The molecule has 1 aromatic heterocycles. The van der Waals surface area contributed by atoms with Crippen LogP contribution in [-0.4, -0.2) is 42.5 Å². The maximum atomic E-state index is 11.7. The molecule has 1 heterocycles. The third-order valence-electron chi connectivity index (χ3n) is 4.63. The number of nitrogens with one attached hydrogen (secondary N) is 2. The summed E-state index contributed by atoms with van der Waals surface area (Å²) in [5, 5.41) is 16.8. The van der Waals surface area contributed by atoms with Gasteiger partial charge in [0.1, 0.15) is 0 Å². The van der Waals surface area contributed by atoms with Gasteiger partial charge in [0.05, 0.1) is 25.5 Å². The van der Waals surface area contributed by atoms with Crippen LogP contribution in [0.4, 0.5) is 9.93 Å². The molecule has 7 heteroatoms. The Balaban J connectivity index is 1.42. The van der Waals surface area contributed by atoms with Crippen molar-refractivity contribution in [1.82, 2.24) is 10.3 Å². The Kier molecular flexibility index (Phi) is 5.28. The van der Waals surface area contributed by atoms with Gasteiger partial charge in [0.25, 0.3) is 0 Å². The van der Waals surface area contributed by atoms with Crippen LogP contribution < -0.4 is 10.6 Å². The van der Waals surface area contributed by atoms with E-state index >= 15 is 0 Å². The molecule has 2 aliphatic carbocycles. The molecule has 0 saturated heterocycles. The van der Waals surface area contributed by atoms with E-state index < -0.39 is 0 Å². The topological polar surface area (TPSA) is 83.5 Å². The second-order valence-corrected chi connectivity index (χ2v) is 6.93. The molecule has 0 aliphatic heterocycles. The molecule has 2 bridgehead atoms. The highest BCUT2D eigenvalue weighted by Crippen LogP contribution is 2.52. The van der Waals surface area contributed by atoms with Crippen LogP contribution in [-0.2, 0) is 4.74 Å². The van der Waals surface area contributed by atoms with Crippen molar-refractivity contribution in [2.24, 2.45) is 11.8 Å². The Hall–Kier alpha value is -1.18. The van der Waals surface area contributed by atoms with Crippen molar-refractivity contribution in [3.05, 3.63) is 11.1 Å². The van der Waals surface area contributed by atoms with E-state index in [1.54, 1.807) is 0 Å². The van der Waals surface area contributed by atoms with E-state index in [-0.39, 0.29) is 12.6 Å². The molecule has 2 fully saturated rings. The van der Waals surface area contributed by atoms with Crippen molar-refractivity contribution in [2.75, 3.05) is 31.7 Å². The van der Waals surface area contributed by atoms with Crippen LogP contribution >= 0.6 is 11.3 Å². The maximum absolute atomic E-state index is 11.7. The Labute approximate surface area is 134 Å². The van der Waals surface area contributed by atoms with E-state index in [1.807, 2.05) is 0 Å². The maximum Gasteiger partial charge on any atom is 0.321 e. The summed E-state index contributed by atoms with van der Waals surface area (Å²) < 4.78 is 5.08. The van der Waals surface area contributed by atoms with Gasteiger partial charge in [-0.25, -0.2) is 9.78 Å². The molecule has 0 radical (unpaired) electrons. The number of rotatable bonds is 7. The number of hydrogen-bond donors (Lipinski definition) is 3. The number of hydrogen-bond acceptors (Lipinski definition) is 5. The lowest BCUT2D eigenvalue weighted by molar-refractivity contribution is 0.0950. The minimum atomic E-state index is -0.263. The van der Waals surface area contributed by atoms with Gasteiger partial charge in [0.2, 0.25) is 0 Å². The quantitative estimate of drug-likeness (QED) is 0.671. The molecule has 22 heavy (non-hydrogen) atoms. The van der Waals surface area contributed by atoms with Gasteiger partial charge in [0.15, 0.2) is 5.13 Å². The van der Waals surface area contributed by atoms with E-state index in [0.29, 0.717) is 30.8 Å². The summed E-state index contributed by atoms with van der Waals surface area (Å²) in [7, 11) is 0. The summed E-state index contributed by atoms with van der Waals surface area (Å²) >= 11 is 1.49. The van der Waals surface area contributed by atoms with Gasteiger partial charge in [-0.15, -0.1) is 11.3 Å². The van der Waals surface area contributed by atoms with Crippen molar-refractivity contribution in [1.29, 1.82) is 0 Å². The summed E-state index contributed by atoms with van der Waals surface area (Å²) in [6, 6.07) is -0.263. The molecule has 2 saturated carbocycles. The number of fused-ring (bicyclic) bond motifs is 2. The van der Waals surface area contributed by atoms with Crippen molar-refractivity contribution in [3.63, 3.8) is 0 Å². The Morgan fingerprint density at radius 3 is 3.05 bits per heavy atom. The highest BCUT2D eigenvalue weighted by atomic mass is 32.1. The lowest BCUT2D eigenvalue weighted by Crippen LogP contribution is -2.31. The van der Waals surface area contributed by atoms with Crippen LogP contribution in [0.25, 0.3) is 0 Å². The number of carbonyl (C=O) groups is 1. The van der Waals surface area contributed by atoms with Crippen LogP contribution in [0, 0.1) is 11.8 Å². The van der Waals surface area contributed by atoms with Crippen LogP contribution in [0.2, 0.25) is 0 Å². The lowest BCUT2D eigenvalue weighted by Gasteiger charge is -2.19. The number of urea groups is 1. The van der Waals surface area contributed by atoms with Gasteiger partial charge < -0.3 is 15.2 Å². The fourth-order valence-electron chi connectivity index (χ4n) is 3.67. The van der Waals surface area contributed by atoms with Crippen molar-refractivity contribution in [2.45, 2.75) is 31.6 Å². The minimum Gasteiger partial charge on any atom is -0.394 e. The number of aromatic nitrogens is 1. The number of aliphatic hydroxyl groups excluding tert-OH is 1. The van der Waals surface area contributed by atoms with Crippen LogP contribution in [0.15, 0.2) is 5.38 Å². The van der Waals surface area contributed by atoms with Gasteiger partial charge in [-0.2, -0.15) is 0 Å². The smallest absolute Gasteiger partial charge is 0.321 e.